The predicted molar refractivity (Wildman–Crippen MR) is 108 cm³/mol. The van der Waals surface area contributed by atoms with Crippen LogP contribution >= 0.6 is 15.9 Å². The van der Waals surface area contributed by atoms with E-state index in [1.54, 1.807) is 12.4 Å². The Morgan fingerprint density at radius 1 is 1.11 bits per heavy atom. The van der Waals surface area contributed by atoms with Gasteiger partial charge < -0.3 is 10.1 Å². The SMILES string of the molecule is O=C(CNC1c2ccccc2COc2ccccc21)Nc1cncc(Br)c1. The van der Waals surface area contributed by atoms with Gasteiger partial charge in [-0.15, -0.1) is 0 Å². The molecule has 1 unspecified atom stereocenters. The maximum Gasteiger partial charge on any atom is 0.238 e. The van der Waals surface area contributed by atoms with Crippen molar-refractivity contribution in [1.29, 1.82) is 0 Å². The molecule has 6 heteroatoms. The molecule has 2 N–H and O–H groups in total. The van der Waals surface area contributed by atoms with Crippen LogP contribution in [0.3, 0.4) is 0 Å². The van der Waals surface area contributed by atoms with Crippen LogP contribution in [-0.2, 0) is 11.4 Å². The number of pyridine rings is 1. The molecule has 1 aliphatic heterocycles. The Labute approximate surface area is 165 Å². The lowest BCUT2D eigenvalue weighted by Gasteiger charge is -2.20. The first-order valence-electron chi connectivity index (χ1n) is 8.64. The monoisotopic (exact) mass is 423 g/mol. The fraction of sp³-hybridized carbons (Fsp3) is 0.143. The number of hydrogen-bond donors (Lipinski definition) is 2. The van der Waals surface area contributed by atoms with Gasteiger partial charge in [-0.2, -0.15) is 0 Å². The topological polar surface area (TPSA) is 63.2 Å². The maximum absolute atomic E-state index is 12.4. The Balaban J connectivity index is 1.55. The number of carbonyl (C=O) groups excluding carboxylic acids is 1. The molecule has 3 aromatic rings. The number of fused-ring (bicyclic) bond motifs is 2. The van der Waals surface area contributed by atoms with Crippen LogP contribution in [0.1, 0.15) is 22.7 Å². The summed E-state index contributed by atoms with van der Waals surface area (Å²) in [5, 5.41) is 6.25. The molecule has 1 aliphatic rings. The minimum atomic E-state index is -0.130. The van der Waals surface area contributed by atoms with Gasteiger partial charge in [0.1, 0.15) is 12.4 Å². The van der Waals surface area contributed by atoms with Crippen molar-refractivity contribution in [2.45, 2.75) is 12.6 Å². The number of carbonyl (C=O) groups is 1. The zero-order chi connectivity index (χ0) is 18.6. The average Bonchev–Trinajstić information content (AvgIpc) is 2.83. The Bertz CT molecular complexity index is 929. The zero-order valence-electron chi connectivity index (χ0n) is 14.5. The van der Waals surface area contributed by atoms with Crippen molar-refractivity contribution in [1.82, 2.24) is 10.3 Å². The highest BCUT2D eigenvalue weighted by atomic mass is 79.9. The van der Waals surface area contributed by atoms with Crippen molar-refractivity contribution in [3.05, 3.63) is 88.2 Å². The number of aromatic nitrogens is 1. The van der Waals surface area contributed by atoms with Crippen molar-refractivity contribution >= 4 is 27.5 Å². The Morgan fingerprint density at radius 2 is 1.89 bits per heavy atom. The second-order valence-corrected chi connectivity index (χ2v) is 7.19. The molecule has 0 aliphatic carbocycles. The average molecular weight is 424 g/mol. The van der Waals surface area contributed by atoms with Gasteiger partial charge in [0.15, 0.2) is 0 Å². The van der Waals surface area contributed by atoms with Gasteiger partial charge in [0.25, 0.3) is 0 Å². The highest BCUT2D eigenvalue weighted by Crippen LogP contribution is 2.35. The Morgan fingerprint density at radius 3 is 2.74 bits per heavy atom. The number of benzene rings is 2. The Hall–Kier alpha value is -2.70. The molecule has 1 aromatic heterocycles. The Kier molecular flexibility index (Phi) is 5.18. The van der Waals surface area contributed by atoms with Crippen LogP contribution in [0.2, 0.25) is 0 Å². The van der Waals surface area contributed by atoms with E-state index in [4.69, 9.17) is 4.74 Å². The van der Waals surface area contributed by atoms with E-state index in [1.165, 1.54) is 0 Å². The van der Waals surface area contributed by atoms with E-state index in [1.807, 2.05) is 42.5 Å². The van der Waals surface area contributed by atoms with Gasteiger partial charge in [-0.05, 0) is 39.2 Å². The molecular formula is C21H18BrN3O2. The van der Waals surface area contributed by atoms with E-state index < -0.39 is 0 Å². The van der Waals surface area contributed by atoms with Crippen molar-refractivity contribution in [2.75, 3.05) is 11.9 Å². The van der Waals surface area contributed by atoms with E-state index in [0.29, 0.717) is 12.3 Å². The second-order valence-electron chi connectivity index (χ2n) is 6.28. The van der Waals surface area contributed by atoms with Gasteiger partial charge in [-0.3, -0.25) is 15.1 Å². The molecule has 0 fully saturated rings. The van der Waals surface area contributed by atoms with Gasteiger partial charge in [0.2, 0.25) is 5.91 Å². The standard InChI is InChI=1S/C21H18BrN3O2/c22-15-9-16(11-23-10-15)25-20(26)12-24-21-17-6-2-1-5-14(17)13-27-19-8-4-3-7-18(19)21/h1-11,21,24H,12-13H2,(H,25,26). The first kappa shape index (κ1) is 17.7. The number of amides is 1. The van der Waals surface area contributed by atoms with E-state index >= 15 is 0 Å². The lowest BCUT2D eigenvalue weighted by atomic mass is 9.95. The van der Waals surface area contributed by atoms with Crippen LogP contribution in [0.5, 0.6) is 5.75 Å². The van der Waals surface area contributed by atoms with Gasteiger partial charge >= 0.3 is 0 Å². The number of halogens is 1. The number of hydrogen-bond acceptors (Lipinski definition) is 4. The summed E-state index contributed by atoms with van der Waals surface area (Å²) in [6, 6.07) is 17.8. The summed E-state index contributed by atoms with van der Waals surface area (Å²) in [6.45, 7) is 0.682. The van der Waals surface area contributed by atoms with Crippen molar-refractivity contribution in [2.24, 2.45) is 0 Å². The van der Waals surface area contributed by atoms with Crippen LogP contribution in [0, 0.1) is 0 Å². The largest absolute Gasteiger partial charge is 0.489 e. The highest BCUT2D eigenvalue weighted by Gasteiger charge is 2.24. The minimum absolute atomic E-state index is 0.119. The second kappa shape index (κ2) is 7.90. The molecule has 1 atom stereocenters. The van der Waals surface area contributed by atoms with Crippen LogP contribution in [0.15, 0.2) is 71.5 Å². The van der Waals surface area contributed by atoms with E-state index in [9.17, 15) is 4.79 Å². The van der Waals surface area contributed by atoms with Crippen LogP contribution in [0.25, 0.3) is 0 Å². The predicted octanol–water partition coefficient (Wildman–Crippen LogP) is 4.05. The summed E-state index contributed by atoms with van der Waals surface area (Å²) < 4.78 is 6.78. The van der Waals surface area contributed by atoms with Crippen molar-refractivity contribution in [3.8, 4) is 5.75 Å². The minimum Gasteiger partial charge on any atom is -0.489 e. The first-order valence-corrected chi connectivity index (χ1v) is 9.43. The molecule has 136 valence electrons. The molecule has 0 spiro atoms. The number of nitrogens with zero attached hydrogens (tertiary/aromatic N) is 1. The lowest BCUT2D eigenvalue weighted by molar-refractivity contribution is -0.115. The normalized spacial score (nSPS) is 15.1. The van der Waals surface area contributed by atoms with Crippen molar-refractivity contribution in [3.63, 3.8) is 0 Å². The molecular weight excluding hydrogens is 406 g/mol. The quantitative estimate of drug-likeness (QED) is 0.664. The molecule has 5 nitrogen and oxygen atoms in total. The third-order valence-corrected chi connectivity index (χ3v) is 4.87. The van der Waals surface area contributed by atoms with Gasteiger partial charge in [0.05, 0.1) is 24.5 Å². The summed E-state index contributed by atoms with van der Waals surface area (Å²) in [5.41, 5.74) is 3.92. The maximum atomic E-state index is 12.4. The van der Waals surface area contributed by atoms with Crippen LogP contribution in [-0.4, -0.2) is 17.4 Å². The number of anilines is 1. The third-order valence-electron chi connectivity index (χ3n) is 4.43. The number of rotatable bonds is 4. The van der Waals surface area contributed by atoms with Gasteiger partial charge in [-0.25, -0.2) is 0 Å². The molecule has 2 aromatic carbocycles. The summed E-state index contributed by atoms with van der Waals surface area (Å²) in [5.74, 6) is 0.706. The lowest BCUT2D eigenvalue weighted by Crippen LogP contribution is -2.32. The molecule has 4 rings (SSSR count). The summed E-state index contributed by atoms with van der Waals surface area (Å²) in [4.78, 5) is 16.5. The molecule has 0 saturated carbocycles. The third kappa shape index (κ3) is 4.02. The van der Waals surface area contributed by atoms with Gasteiger partial charge in [-0.1, -0.05) is 42.5 Å². The fourth-order valence-corrected chi connectivity index (χ4v) is 3.59. The number of nitrogens with one attached hydrogen (secondary N) is 2. The van der Waals surface area contributed by atoms with Crippen LogP contribution < -0.4 is 15.4 Å². The molecule has 27 heavy (non-hydrogen) atoms. The smallest absolute Gasteiger partial charge is 0.238 e. The molecule has 0 radical (unpaired) electrons. The van der Waals surface area contributed by atoms with Crippen molar-refractivity contribution < 1.29 is 9.53 Å². The first-order chi connectivity index (χ1) is 13.2. The number of ether oxygens (including phenoxy) is 1. The molecule has 0 saturated heterocycles. The zero-order valence-corrected chi connectivity index (χ0v) is 16.1. The van der Waals surface area contributed by atoms with E-state index in [2.05, 4.69) is 43.7 Å². The van der Waals surface area contributed by atoms with Crippen LogP contribution in [0.4, 0.5) is 5.69 Å². The fourth-order valence-electron chi connectivity index (χ4n) is 3.22. The molecule has 0 bridgehead atoms. The summed E-state index contributed by atoms with van der Waals surface area (Å²) in [6.07, 6.45) is 3.29. The summed E-state index contributed by atoms with van der Waals surface area (Å²) >= 11 is 3.35. The van der Waals surface area contributed by atoms with E-state index in [0.717, 1.165) is 26.9 Å². The van der Waals surface area contributed by atoms with E-state index in [-0.39, 0.29) is 18.5 Å². The molecule has 2 heterocycles. The number of para-hydroxylation sites is 1. The summed E-state index contributed by atoms with van der Waals surface area (Å²) in [7, 11) is 0. The van der Waals surface area contributed by atoms with Gasteiger partial charge in [0, 0.05) is 16.2 Å². The highest BCUT2D eigenvalue weighted by molar-refractivity contribution is 9.10. The molecule has 1 amide bonds.